The van der Waals surface area contributed by atoms with Gasteiger partial charge in [-0.15, -0.1) is 0 Å². The highest BCUT2D eigenvalue weighted by molar-refractivity contribution is 5.45. The van der Waals surface area contributed by atoms with E-state index in [4.69, 9.17) is 4.74 Å². The second kappa shape index (κ2) is 7.34. The number of aromatic nitrogens is 1. The Morgan fingerprint density at radius 1 is 1.39 bits per heavy atom. The lowest BCUT2D eigenvalue weighted by atomic mass is 10.2. The largest absolute Gasteiger partial charge is 0.387 e. The van der Waals surface area contributed by atoms with E-state index >= 15 is 0 Å². The fraction of sp³-hybridized carbons (Fsp3) is 0.643. The van der Waals surface area contributed by atoms with Crippen molar-refractivity contribution in [3.05, 3.63) is 24.0 Å². The first-order chi connectivity index (χ1) is 8.60. The summed E-state index contributed by atoms with van der Waals surface area (Å²) < 4.78 is 5.15. The monoisotopic (exact) mass is 252 g/mol. The summed E-state index contributed by atoms with van der Waals surface area (Å²) in [4.78, 5) is 6.57. The second-order valence-corrected chi connectivity index (χ2v) is 4.56. The number of pyridine rings is 1. The first-order valence-corrected chi connectivity index (χ1v) is 6.49. The van der Waals surface area contributed by atoms with Crippen LogP contribution in [0.1, 0.15) is 39.0 Å². The van der Waals surface area contributed by atoms with Crippen LogP contribution in [0.15, 0.2) is 18.3 Å². The fourth-order valence-electron chi connectivity index (χ4n) is 1.83. The van der Waals surface area contributed by atoms with Crippen LogP contribution in [-0.2, 0) is 4.74 Å². The van der Waals surface area contributed by atoms with Gasteiger partial charge in [0, 0.05) is 19.7 Å². The molecule has 0 aliphatic rings. The Balaban J connectivity index is 2.83. The van der Waals surface area contributed by atoms with Gasteiger partial charge in [-0.05, 0) is 32.4 Å². The highest BCUT2D eigenvalue weighted by atomic mass is 16.5. The van der Waals surface area contributed by atoms with Crippen molar-refractivity contribution in [2.75, 3.05) is 25.2 Å². The van der Waals surface area contributed by atoms with E-state index in [1.807, 2.05) is 18.3 Å². The number of rotatable bonds is 7. The number of anilines is 1. The SMILES string of the molecule is CCC(C)N(CCOC)c1ccc([C@H](C)O)nc1. The van der Waals surface area contributed by atoms with E-state index in [-0.39, 0.29) is 0 Å². The van der Waals surface area contributed by atoms with Crippen LogP contribution in [0.3, 0.4) is 0 Å². The number of methoxy groups -OCH3 is 1. The molecule has 18 heavy (non-hydrogen) atoms. The molecule has 4 nitrogen and oxygen atoms in total. The maximum Gasteiger partial charge on any atom is 0.0931 e. The van der Waals surface area contributed by atoms with Gasteiger partial charge in [-0.3, -0.25) is 4.98 Å². The standard InChI is InChI=1S/C14H24N2O2/c1-5-11(2)16(8-9-18-4)13-6-7-14(12(3)17)15-10-13/h6-7,10-12,17H,5,8-9H2,1-4H3/t11?,12-/m0/s1. The molecule has 0 amide bonds. The number of aliphatic hydroxyl groups excluding tert-OH is 1. The van der Waals surface area contributed by atoms with E-state index < -0.39 is 6.10 Å². The van der Waals surface area contributed by atoms with Crippen molar-refractivity contribution in [3.8, 4) is 0 Å². The molecule has 0 saturated carbocycles. The maximum absolute atomic E-state index is 9.45. The quantitative estimate of drug-likeness (QED) is 0.809. The molecule has 0 fully saturated rings. The molecule has 0 radical (unpaired) electrons. The zero-order valence-electron chi connectivity index (χ0n) is 11.8. The number of ether oxygens (including phenoxy) is 1. The van der Waals surface area contributed by atoms with Gasteiger partial charge in [0.15, 0.2) is 0 Å². The summed E-state index contributed by atoms with van der Waals surface area (Å²) in [6.45, 7) is 7.63. The molecular weight excluding hydrogens is 228 g/mol. The predicted octanol–water partition coefficient (Wildman–Crippen LogP) is 2.39. The molecule has 1 rings (SSSR count). The minimum atomic E-state index is -0.518. The van der Waals surface area contributed by atoms with Gasteiger partial charge in [0.1, 0.15) is 0 Å². The minimum absolute atomic E-state index is 0.444. The molecule has 2 atom stereocenters. The Labute approximate surface area is 110 Å². The van der Waals surface area contributed by atoms with Crippen LogP contribution < -0.4 is 4.90 Å². The van der Waals surface area contributed by atoms with E-state index in [1.165, 1.54) is 0 Å². The lowest BCUT2D eigenvalue weighted by molar-refractivity contribution is 0.194. The molecule has 0 spiro atoms. The third kappa shape index (κ3) is 3.96. The molecule has 1 aromatic rings. The minimum Gasteiger partial charge on any atom is -0.387 e. The average molecular weight is 252 g/mol. The van der Waals surface area contributed by atoms with Crippen LogP contribution >= 0.6 is 0 Å². The van der Waals surface area contributed by atoms with Crippen molar-refractivity contribution in [2.45, 2.75) is 39.3 Å². The summed E-state index contributed by atoms with van der Waals surface area (Å²) in [6.07, 6.45) is 2.38. The van der Waals surface area contributed by atoms with Crippen LogP contribution in [0.2, 0.25) is 0 Å². The van der Waals surface area contributed by atoms with Gasteiger partial charge in [0.05, 0.1) is 30.3 Å². The summed E-state index contributed by atoms with van der Waals surface area (Å²) in [7, 11) is 1.71. The summed E-state index contributed by atoms with van der Waals surface area (Å²) in [6, 6.07) is 4.33. The van der Waals surface area contributed by atoms with Gasteiger partial charge in [0.25, 0.3) is 0 Å². The van der Waals surface area contributed by atoms with Gasteiger partial charge < -0.3 is 14.7 Å². The van der Waals surface area contributed by atoms with E-state index in [0.29, 0.717) is 18.3 Å². The summed E-state index contributed by atoms with van der Waals surface area (Å²) in [5, 5.41) is 9.45. The number of aliphatic hydroxyl groups is 1. The normalized spacial score (nSPS) is 14.3. The van der Waals surface area contributed by atoms with Crippen molar-refractivity contribution in [1.29, 1.82) is 0 Å². The van der Waals surface area contributed by atoms with Gasteiger partial charge >= 0.3 is 0 Å². The number of hydrogen-bond donors (Lipinski definition) is 1. The summed E-state index contributed by atoms with van der Waals surface area (Å²) in [5.74, 6) is 0. The van der Waals surface area contributed by atoms with Crippen molar-refractivity contribution < 1.29 is 9.84 Å². The molecular formula is C14H24N2O2. The first-order valence-electron chi connectivity index (χ1n) is 6.49. The van der Waals surface area contributed by atoms with Crippen LogP contribution in [-0.4, -0.2) is 36.4 Å². The third-order valence-electron chi connectivity index (χ3n) is 3.19. The Kier molecular flexibility index (Phi) is 6.09. The van der Waals surface area contributed by atoms with E-state index in [0.717, 1.165) is 18.7 Å². The van der Waals surface area contributed by atoms with E-state index in [1.54, 1.807) is 14.0 Å². The van der Waals surface area contributed by atoms with Gasteiger partial charge in [-0.2, -0.15) is 0 Å². The lowest BCUT2D eigenvalue weighted by Crippen LogP contribution is -2.35. The topological polar surface area (TPSA) is 45.6 Å². The Morgan fingerprint density at radius 2 is 2.11 bits per heavy atom. The van der Waals surface area contributed by atoms with Gasteiger partial charge in [-0.1, -0.05) is 6.92 Å². The van der Waals surface area contributed by atoms with Crippen LogP contribution in [0.5, 0.6) is 0 Å². The first kappa shape index (κ1) is 14.9. The Morgan fingerprint density at radius 3 is 2.56 bits per heavy atom. The average Bonchev–Trinajstić information content (AvgIpc) is 2.39. The maximum atomic E-state index is 9.45. The molecule has 4 heteroatoms. The zero-order chi connectivity index (χ0) is 13.5. The van der Waals surface area contributed by atoms with Gasteiger partial charge in [0.2, 0.25) is 0 Å². The molecule has 102 valence electrons. The third-order valence-corrected chi connectivity index (χ3v) is 3.19. The Bertz CT molecular complexity index is 338. The van der Waals surface area contributed by atoms with Crippen molar-refractivity contribution in [3.63, 3.8) is 0 Å². The zero-order valence-corrected chi connectivity index (χ0v) is 11.8. The van der Waals surface area contributed by atoms with Gasteiger partial charge in [-0.25, -0.2) is 0 Å². The molecule has 1 N–H and O–H groups in total. The smallest absolute Gasteiger partial charge is 0.0931 e. The molecule has 1 unspecified atom stereocenters. The second-order valence-electron chi connectivity index (χ2n) is 4.56. The Hall–Kier alpha value is -1.13. The molecule has 1 heterocycles. The van der Waals surface area contributed by atoms with Crippen LogP contribution in [0, 0.1) is 0 Å². The van der Waals surface area contributed by atoms with Crippen LogP contribution in [0.25, 0.3) is 0 Å². The highest BCUT2D eigenvalue weighted by Crippen LogP contribution is 2.19. The van der Waals surface area contributed by atoms with Crippen LogP contribution in [0.4, 0.5) is 5.69 Å². The van der Waals surface area contributed by atoms with Crippen molar-refractivity contribution >= 4 is 5.69 Å². The molecule has 0 saturated heterocycles. The predicted molar refractivity (Wildman–Crippen MR) is 73.8 cm³/mol. The summed E-state index contributed by atoms with van der Waals surface area (Å²) >= 11 is 0. The molecule has 1 aromatic heterocycles. The fourth-order valence-corrected chi connectivity index (χ4v) is 1.83. The number of nitrogens with zero attached hydrogens (tertiary/aromatic N) is 2. The van der Waals surface area contributed by atoms with Crippen molar-refractivity contribution in [2.24, 2.45) is 0 Å². The molecule has 0 aliphatic heterocycles. The highest BCUT2D eigenvalue weighted by Gasteiger charge is 2.13. The molecule has 0 aliphatic carbocycles. The van der Waals surface area contributed by atoms with E-state index in [2.05, 4.69) is 23.7 Å². The lowest BCUT2D eigenvalue weighted by Gasteiger charge is -2.30. The van der Waals surface area contributed by atoms with Crippen molar-refractivity contribution in [1.82, 2.24) is 4.98 Å². The van der Waals surface area contributed by atoms with E-state index in [9.17, 15) is 5.11 Å². The molecule has 0 aromatic carbocycles. The molecule has 0 bridgehead atoms. The number of hydrogen-bond acceptors (Lipinski definition) is 4. The summed E-state index contributed by atoms with van der Waals surface area (Å²) in [5.41, 5.74) is 1.78.